The summed E-state index contributed by atoms with van der Waals surface area (Å²) in [6.45, 7) is 6.40. The van der Waals surface area contributed by atoms with Crippen molar-refractivity contribution in [2.75, 3.05) is 0 Å². The van der Waals surface area contributed by atoms with Crippen LogP contribution in [-0.2, 0) is 6.54 Å². The number of benzene rings is 1. The van der Waals surface area contributed by atoms with E-state index in [1.165, 1.54) is 10.6 Å². The number of aryl methyl sites for hydroxylation is 1. The van der Waals surface area contributed by atoms with Crippen LogP contribution in [0.5, 0.6) is 0 Å². The summed E-state index contributed by atoms with van der Waals surface area (Å²) >= 11 is 0. The average molecular weight is 399 g/mol. The van der Waals surface area contributed by atoms with Crippen LogP contribution in [-0.4, -0.2) is 25.0 Å². The normalized spacial score (nSPS) is 11.1. The van der Waals surface area contributed by atoms with Gasteiger partial charge in [-0.3, -0.25) is 14.6 Å². The van der Waals surface area contributed by atoms with E-state index in [-0.39, 0.29) is 18.2 Å². The summed E-state index contributed by atoms with van der Waals surface area (Å²) < 4.78 is 3.57. The highest BCUT2D eigenvalue weighted by atomic mass is 16.2. The monoisotopic (exact) mass is 399 g/mol. The molecular weight excluding hydrogens is 378 g/mol. The summed E-state index contributed by atoms with van der Waals surface area (Å²) in [6, 6.07) is 9.12. The molecule has 4 aromatic rings. The van der Waals surface area contributed by atoms with Gasteiger partial charge in [-0.1, -0.05) is 11.8 Å². The average Bonchev–Trinajstić information content (AvgIpc) is 3.05. The van der Waals surface area contributed by atoms with Crippen LogP contribution in [0.15, 0.2) is 47.5 Å². The molecule has 7 nitrogen and oxygen atoms in total. The lowest BCUT2D eigenvalue weighted by atomic mass is 10.1. The standard InChI is InChI=1S/C23H21N5O2/c1-14(2)28-15(3)26-20-13-25-19-9-8-16(12-18(19)21(20)28)6-4-10-27-11-5-7-17(22(24)29)23(27)30/h5,7-9,11-14H,10H2,1-3H3,(H2,24,29). The number of imidazole rings is 1. The molecule has 0 bridgehead atoms. The lowest BCUT2D eigenvalue weighted by Crippen LogP contribution is -2.28. The van der Waals surface area contributed by atoms with Gasteiger partial charge in [0, 0.05) is 23.2 Å². The summed E-state index contributed by atoms with van der Waals surface area (Å²) in [6.07, 6.45) is 3.38. The van der Waals surface area contributed by atoms with Crippen LogP contribution in [0.4, 0.5) is 0 Å². The molecule has 150 valence electrons. The Morgan fingerprint density at radius 3 is 2.77 bits per heavy atom. The fourth-order valence-corrected chi connectivity index (χ4v) is 3.68. The molecule has 1 aromatic carbocycles. The zero-order valence-electron chi connectivity index (χ0n) is 17.0. The van der Waals surface area contributed by atoms with Crippen LogP contribution < -0.4 is 11.3 Å². The van der Waals surface area contributed by atoms with Crippen molar-refractivity contribution in [1.82, 2.24) is 19.1 Å². The Morgan fingerprint density at radius 2 is 2.03 bits per heavy atom. The third-order valence-corrected chi connectivity index (χ3v) is 4.98. The van der Waals surface area contributed by atoms with Crippen molar-refractivity contribution in [3.05, 3.63) is 70.0 Å². The van der Waals surface area contributed by atoms with E-state index in [9.17, 15) is 9.59 Å². The molecule has 3 heterocycles. The highest BCUT2D eigenvalue weighted by Crippen LogP contribution is 2.28. The Morgan fingerprint density at radius 1 is 1.23 bits per heavy atom. The van der Waals surface area contributed by atoms with Crippen LogP contribution in [0.2, 0.25) is 0 Å². The minimum absolute atomic E-state index is 0.0456. The van der Waals surface area contributed by atoms with E-state index in [1.807, 2.05) is 25.1 Å². The highest BCUT2D eigenvalue weighted by Gasteiger charge is 2.14. The third-order valence-electron chi connectivity index (χ3n) is 4.98. The summed E-state index contributed by atoms with van der Waals surface area (Å²) in [5.41, 5.74) is 8.33. The maximum absolute atomic E-state index is 12.3. The van der Waals surface area contributed by atoms with Crippen LogP contribution >= 0.6 is 0 Å². The van der Waals surface area contributed by atoms with Gasteiger partial charge in [0.05, 0.1) is 23.8 Å². The van der Waals surface area contributed by atoms with Crippen molar-refractivity contribution in [1.29, 1.82) is 0 Å². The molecule has 0 aliphatic carbocycles. The molecule has 0 saturated carbocycles. The number of amides is 1. The zero-order valence-corrected chi connectivity index (χ0v) is 17.0. The molecule has 4 rings (SSSR count). The van der Waals surface area contributed by atoms with Gasteiger partial charge in [0.1, 0.15) is 16.9 Å². The number of nitrogens with two attached hydrogens (primary N) is 1. The number of primary amides is 1. The molecule has 0 aliphatic rings. The van der Waals surface area contributed by atoms with Gasteiger partial charge >= 0.3 is 0 Å². The van der Waals surface area contributed by atoms with E-state index in [1.54, 1.807) is 18.5 Å². The second-order valence-corrected chi connectivity index (χ2v) is 7.37. The highest BCUT2D eigenvalue weighted by molar-refractivity contribution is 6.02. The molecule has 0 radical (unpaired) electrons. The fourth-order valence-electron chi connectivity index (χ4n) is 3.68. The van der Waals surface area contributed by atoms with E-state index in [2.05, 4.69) is 40.2 Å². The predicted octanol–water partition coefficient (Wildman–Crippen LogP) is 2.79. The van der Waals surface area contributed by atoms with Crippen molar-refractivity contribution < 1.29 is 4.79 Å². The lowest BCUT2D eigenvalue weighted by Gasteiger charge is -2.12. The summed E-state index contributed by atoms with van der Waals surface area (Å²) in [4.78, 5) is 32.7. The van der Waals surface area contributed by atoms with Gasteiger partial charge in [-0.2, -0.15) is 0 Å². The van der Waals surface area contributed by atoms with Crippen molar-refractivity contribution in [3.8, 4) is 11.8 Å². The number of hydrogen-bond acceptors (Lipinski definition) is 4. The van der Waals surface area contributed by atoms with Crippen LogP contribution in [0, 0.1) is 18.8 Å². The Bertz CT molecular complexity index is 1420. The maximum Gasteiger partial charge on any atom is 0.264 e. The van der Waals surface area contributed by atoms with Crippen LogP contribution in [0.3, 0.4) is 0 Å². The first kappa shape index (κ1) is 19.4. The van der Waals surface area contributed by atoms with E-state index in [0.29, 0.717) is 0 Å². The van der Waals surface area contributed by atoms with Gasteiger partial charge in [-0.05, 0) is 51.1 Å². The molecule has 0 fully saturated rings. The molecule has 2 N–H and O–H groups in total. The van der Waals surface area contributed by atoms with E-state index in [4.69, 9.17) is 5.73 Å². The molecule has 0 spiro atoms. The molecular formula is C23H21N5O2. The fraction of sp³-hybridized carbons (Fsp3) is 0.217. The number of fused-ring (bicyclic) bond motifs is 3. The quantitative estimate of drug-likeness (QED) is 0.536. The molecule has 3 aromatic heterocycles. The topological polar surface area (TPSA) is 95.8 Å². The SMILES string of the molecule is Cc1nc2cnc3ccc(C#CCn4cccc(C(N)=O)c4=O)cc3c2n1C(C)C. The van der Waals surface area contributed by atoms with Gasteiger partial charge in [0.2, 0.25) is 0 Å². The first-order chi connectivity index (χ1) is 14.4. The third kappa shape index (κ3) is 3.33. The van der Waals surface area contributed by atoms with Gasteiger partial charge in [0.25, 0.3) is 11.5 Å². The van der Waals surface area contributed by atoms with Gasteiger partial charge in [-0.25, -0.2) is 4.98 Å². The van der Waals surface area contributed by atoms with Crippen LogP contribution in [0.25, 0.3) is 21.9 Å². The molecule has 1 amide bonds. The van der Waals surface area contributed by atoms with Crippen molar-refractivity contribution in [2.45, 2.75) is 33.4 Å². The molecule has 0 aliphatic heterocycles. The molecule has 30 heavy (non-hydrogen) atoms. The molecule has 0 atom stereocenters. The first-order valence-electron chi connectivity index (χ1n) is 9.62. The van der Waals surface area contributed by atoms with Gasteiger partial charge in [-0.15, -0.1) is 0 Å². The van der Waals surface area contributed by atoms with Crippen LogP contribution in [0.1, 0.15) is 41.6 Å². The Hall–Kier alpha value is -3.92. The number of pyridine rings is 2. The Labute approximate surface area is 173 Å². The Kier molecular flexibility index (Phi) is 4.84. The molecule has 7 heteroatoms. The first-order valence-corrected chi connectivity index (χ1v) is 9.62. The Balaban J connectivity index is 1.75. The predicted molar refractivity (Wildman–Crippen MR) is 116 cm³/mol. The second kappa shape index (κ2) is 7.48. The number of hydrogen-bond donors (Lipinski definition) is 1. The molecule has 0 saturated heterocycles. The van der Waals surface area contributed by atoms with Gasteiger partial charge in [0.15, 0.2) is 0 Å². The van der Waals surface area contributed by atoms with E-state index >= 15 is 0 Å². The minimum atomic E-state index is -0.745. The summed E-state index contributed by atoms with van der Waals surface area (Å²) in [7, 11) is 0. The molecule has 0 unspecified atom stereocenters. The van der Waals surface area contributed by atoms with Crippen molar-refractivity contribution in [3.63, 3.8) is 0 Å². The van der Waals surface area contributed by atoms with Crippen molar-refractivity contribution in [2.24, 2.45) is 5.73 Å². The maximum atomic E-state index is 12.3. The van der Waals surface area contributed by atoms with E-state index < -0.39 is 11.5 Å². The smallest absolute Gasteiger partial charge is 0.264 e. The number of nitrogens with zero attached hydrogens (tertiary/aromatic N) is 4. The van der Waals surface area contributed by atoms with Crippen molar-refractivity contribution >= 4 is 27.8 Å². The summed E-state index contributed by atoms with van der Waals surface area (Å²) in [5, 5.41) is 0.987. The number of carbonyl (C=O) groups excluding carboxylic acids is 1. The lowest BCUT2D eigenvalue weighted by molar-refractivity contribution is 0.0998. The largest absolute Gasteiger partial charge is 0.365 e. The van der Waals surface area contributed by atoms with Gasteiger partial charge < -0.3 is 14.9 Å². The number of rotatable bonds is 3. The minimum Gasteiger partial charge on any atom is -0.365 e. The van der Waals surface area contributed by atoms with E-state index in [0.717, 1.165) is 33.3 Å². The number of carbonyl (C=O) groups is 1. The summed E-state index contributed by atoms with van der Waals surface area (Å²) in [5.74, 6) is 6.30. The zero-order chi connectivity index (χ0) is 21.4. The number of aromatic nitrogens is 4. The second-order valence-electron chi connectivity index (χ2n) is 7.37.